The van der Waals surface area contributed by atoms with E-state index in [1.807, 2.05) is 39.0 Å². The number of nitrogens with one attached hydrogen (secondary N) is 1. The molecule has 2 aromatic rings. The fourth-order valence-electron chi connectivity index (χ4n) is 2.66. The van der Waals surface area contributed by atoms with Crippen LogP contribution >= 0.6 is 0 Å². The first-order chi connectivity index (χ1) is 10.8. The first-order valence-corrected chi connectivity index (χ1v) is 7.71. The third kappa shape index (κ3) is 3.50. The van der Waals surface area contributed by atoms with Crippen LogP contribution in [0.2, 0.25) is 0 Å². The van der Waals surface area contributed by atoms with Crippen molar-refractivity contribution < 1.29 is 4.79 Å². The highest BCUT2D eigenvalue weighted by molar-refractivity contribution is 5.95. The molecular formula is C18H23N3O2. The van der Waals surface area contributed by atoms with Crippen molar-refractivity contribution >= 4 is 5.91 Å². The summed E-state index contributed by atoms with van der Waals surface area (Å²) in [5.74, 6) is -0.164. The number of rotatable bonds is 4. The Morgan fingerprint density at radius 1 is 1.30 bits per heavy atom. The van der Waals surface area contributed by atoms with E-state index in [0.717, 1.165) is 11.3 Å². The molecule has 122 valence electrons. The standard InChI is InChI=1S/C18H23N3O2/c1-11(2)16(14-7-6-8-19-10-14)20-17(22)15-12(3)9-13(4)21(5)18(15)23/h6-11,16H,1-5H3,(H,20,22)/t16-/m1/s1. The lowest BCUT2D eigenvalue weighted by atomic mass is 9.96. The number of pyridine rings is 2. The maximum Gasteiger partial charge on any atom is 0.263 e. The average molecular weight is 313 g/mol. The first-order valence-electron chi connectivity index (χ1n) is 7.71. The summed E-state index contributed by atoms with van der Waals surface area (Å²) in [5, 5.41) is 2.99. The van der Waals surface area contributed by atoms with Gasteiger partial charge in [0.25, 0.3) is 11.5 Å². The van der Waals surface area contributed by atoms with Crippen molar-refractivity contribution in [2.24, 2.45) is 13.0 Å². The quantitative estimate of drug-likeness (QED) is 0.943. The van der Waals surface area contributed by atoms with Gasteiger partial charge in [-0.05, 0) is 43.0 Å². The number of amides is 1. The van der Waals surface area contributed by atoms with Crippen molar-refractivity contribution in [2.45, 2.75) is 33.7 Å². The summed E-state index contributed by atoms with van der Waals surface area (Å²) in [5.41, 5.74) is 2.38. The largest absolute Gasteiger partial charge is 0.345 e. The van der Waals surface area contributed by atoms with Crippen LogP contribution in [-0.4, -0.2) is 15.5 Å². The Balaban J connectivity index is 2.38. The molecule has 1 N–H and O–H groups in total. The molecule has 0 aliphatic rings. The van der Waals surface area contributed by atoms with E-state index >= 15 is 0 Å². The van der Waals surface area contributed by atoms with E-state index in [4.69, 9.17) is 0 Å². The van der Waals surface area contributed by atoms with Gasteiger partial charge in [0.05, 0.1) is 6.04 Å². The first kappa shape index (κ1) is 16.9. The number of nitrogens with zero attached hydrogens (tertiary/aromatic N) is 2. The van der Waals surface area contributed by atoms with Gasteiger partial charge in [0, 0.05) is 25.1 Å². The van der Waals surface area contributed by atoms with Crippen molar-refractivity contribution in [2.75, 3.05) is 0 Å². The molecule has 0 aliphatic carbocycles. The van der Waals surface area contributed by atoms with Crippen LogP contribution in [0.1, 0.15) is 47.1 Å². The second kappa shape index (κ2) is 6.77. The number of aromatic nitrogens is 2. The maximum absolute atomic E-state index is 12.7. The number of hydrogen-bond donors (Lipinski definition) is 1. The molecule has 0 spiro atoms. The Morgan fingerprint density at radius 3 is 2.57 bits per heavy atom. The van der Waals surface area contributed by atoms with Crippen LogP contribution in [0.3, 0.4) is 0 Å². The third-order valence-electron chi connectivity index (χ3n) is 4.09. The molecule has 0 bridgehead atoms. The van der Waals surface area contributed by atoms with Gasteiger partial charge in [-0.25, -0.2) is 0 Å². The molecule has 5 nitrogen and oxygen atoms in total. The summed E-state index contributed by atoms with van der Waals surface area (Å²) in [4.78, 5) is 29.2. The predicted octanol–water partition coefficient (Wildman–Crippen LogP) is 2.52. The Kier molecular flexibility index (Phi) is 4.98. The van der Waals surface area contributed by atoms with Gasteiger partial charge in [0.1, 0.15) is 5.56 Å². The van der Waals surface area contributed by atoms with E-state index in [-0.39, 0.29) is 29.0 Å². The number of hydrogen-bond acceptors (Lipinski definition) is 3. The lowest BCUT2D eigenvalue weighted by Gasteiger charge is -2.23. The minimum atomic E-state index is -0.342. The lowest BCUT2D eigenvalue weighted by molar-refractivity contribution is 0.0922. The molecule has 0 radical (unpaired) electrons. The van der Waals surface area contributed by atoms with Gasteiger partial charge in [-0.15, -0.1) is 0 Å². The van der Waals surface area contributed by atoms with E-state index in [0.29, 0.717) is 5.56 Å². The topological polar surface area (TPSA) is 64.0 Å². The van der Waals surface area contributed by atoms with Crippen LogP contribution in [0.5, 0.6) is 0 Å². The summed E-state index contributed by atoms with van der Waals surface area (Å²) < 4.78 is 1.50. The summed E-state index contributed by atoms with van der Waals surface area (Å²) in [7, 11) is 1.68. The van der Waals surface area contributed by atoms with E-state index in [2.05, 4.69) is 10.3 Å². The molecular weight excluding hydrogens is 290 g/mol. The zero-order valence-electron chi connectivity index (χ0n) is 14.3. The zero-order chi connectivity index (χ0) is 17.1. The summed E-state index contributed by atoms with van der Waals surface area (Å²) in [6, 6.07) is 5.43. The van der Waals surface area contributed by atoms with Crippen molar-refractivity contribution in [3.05, 3.63) is 63.3 Å². The lowest BCUT2D eigenvalue weighted by Crippen LogP contribution is -2.37. The Morgan fingerprint density at radius 2 is 2.00 bits per heavy atom. The molecule has 23 heavy (non-hydrogen) atoms. The Hall–Kier alpha value is -2.43. The van der Waals surface area contributed by atoms with Crippen LogP contribution in [0, 0.1) is 19.8 Å². The minimum Gasteiger partial charge on any atom is -0.345 e. The smallest absolute Gasteiger partial charge is 0.263 e. The highest BCUT2D eigenvalue weighted by atomic mass is 16.2. The molecule has 0 aliphatic heterocycles. The molecule has 2 rings (SSSR count). The number of aryl methyl sites for hydroxylation is 2. The molecule has 2 heterocycles. The van der Waals surface area contributed by atoms with Gasteiger partial charge in [-0.1, -0.05) is 19.9 Å². The molecule has 2 aromatic heterocycles. The molecule has 5 heteroatoms. The highest BCUT2D eigenvalue weighted by Crippen LogP contribution is 2.21. The molecule has 1 amide bonds. The van der Waals surface area contributed by atoms with Crippen molar-refractivity contribution in [3.63, 3.8) is 0 Å². The van der Waals surface area contributed by atoms with E-state index < -0.39 is 0 Å². The van der Waals surface area contributed by atoms with E-state index in [9.17, 15) is 9.59 Å². The van der Waals surface area contributed by atoms with Gasteiger partial charge in [0.2, 0.25) is 0 Å². The summed E-state index contributed by atoms with van der Waals surface area (Å²) in [6.45, 7) is 7.69. The van der Waals surface area contributed by atoms with Crippen LogP contribution in [0.25, 0.3) is 0 Å². The number of carbonyl (C=O) groups excluding carboxylic acids is 1. The van der Waals surface area contributed by atoms with Crippen molar-refractivity contribution in [3.8, 4) is 0 Å². The van der Waals surface area contributed by atoms with Crippen molar-refractivity contribution in [1.29, 1.82) is 0 Å². The second-order valence-electron chi connectivity index (χ2n) is 6.19. The molecule has 0 aromatic carbocycles. The predicted molar refractivity (Wildman–Crippen MR) is 90.4 cm³/mol. The fraction of sp³-hybridized carbons (Fsp3) is 0.389. The molecule has 0 fully saturated rings. The number of carbonyl (C=O) groups is 1. The zero-order valence-corrected chi connectivity index (χ0v) is 14.3. The highest BCUT2D eigenvalue weighted by Gasteiger charge is 2.22. The monoisotopic (exact) mass is 313 g/mol. The van der Waals surface area contributed by atoms with E-state index in [1.165, 1.54) is 4.57 Å². The maximum atomic E-state index is 12.7. The van der Waals surface area contributed by atoms with E-state index in [1.54, 1.807) is 26.4 Å². The normalized spacial score (nSPS) is 12.3. The average Bonchev–Trinajstić information content (AvgIpc) is 2.51. The molecule has 0 saturated heterocycles. The van der Waals surface area contributed by atoms with Crippen LogP contribution < -0.4 is 10.9 Å². The molecule has 0 unspecified atom stereocenters. The second-order valence-corrected chi connectivity index (χ2v) is 6.19. The van der Waals surface area contributed by atoms with Gasteiger partial charge in [-0.2, -0.15) is 0 Å². The summed E-state index contributed by atoms with van der Waals surface area (Å²) in [6.07, 6.45) is 3.44. The van der Waals surface area contributed by atoms with Gasteiger partial charge in [-0.3, -0.25) is 14.6 Å². The Bertz CT molecular complexity index is 764. The minimum absolute atomic E-state index is 0.178. The SMILES string of the molecule is Cc1cc(C)n(C)c(=O)c1C(=O)N[C@@H](c1cccnc1)C(C)C. The van der Waals surface area contributed by atoms with Crippen LogP contribution in [0.4, 0.5) is 0 Å². The summed E-state index contributed by atoms with van der Waals surface area (Å²) >= 11 is 0. The van der Waals surface area contributed by atoms with Crippen LogP contribution in [0.15, 0.2) is 35.4 Å². The van der Waals surface area contributed by atoms with Crippen molar-refractivity contribution in [1.82, 2.24) is 14.9 Å². The van der Waals surface area contributed by atoms with Crippen LogP contribution in [-0.2, 0) is 7.05 Å². The van der Waals surface area contributed by atoms with Gasteiger partial charge < -0.3 is 9.88 Å². The van der Waals surface area contributed by atoms with Gasteiger partial charge in [0.15, 0.2) is 0 Å². The molecule has 0 saturated carbocycles. The fourth-order valence-corrected chi connectivity index (χ4v) is 2.66. The van der Waals surface area contributed by atoms with Gasteiger partial charge >= 0.3 is 0 Å². The Labute approximate surface area is 136 Å². The molecule has 1 atom stereocenters. The third-order valence-corrected chi connectivity index (χ3v) is 4.09.